The van der Waals surface area contributed by atoms with Crippen molar-refractivity contribution in [3.8, 4) is 0 Å². The van der Waals surface area contributed by atoms with Crippen molar-refractivity contribution in [3.05, 3.63) is 12.4 Å². The van der Waals surface area contributed by atoms with Crippen LogP contribution in [0, 0.1) is 5.92 Å². The van der Waals surface area contributed by atoms with E-state index in [0.29, 0.717) is 11.6 Å². The van der Waals surface area contributed by atoms with Gasteiger partial charge in [0.2, 0.25) is 0 Å². The maximum Gasteiger partial charge on any atom is 0.417 e. The lowest BCUT2D eigenvalue weighted by atomic mass is 9.91. The highest BCUT2D eigenvalue weighted by atomic mass is 19.4. The topological polar surface area (TPSA) is 70.4 Å². The summed E-state index contributed by atoms with van der Waals surface area (Å²) < 4.78 is 40.1. The number of aliphatic hydroxyl groups is 1. The Balaban J connectivity index is 1.55. The summed E-state index contributed by atoms with van der Waals surface area (Å²) in [4.78, 5) is 13.4. The quantitative estimate of drug-likeness (QED) is 0.884. The fourth-order valence-corrected chi connectivity index (χ4v) is 2.99. The van der Waals surface area contributed by atoms with Gasteiger partial charge in [-0.2, -0.15) is 18.3 Å². The molecular weight excluding hydrogens is 325 g/mol. The first-order valence-electron chi connectivity index (χ1n) is 8.09. The van der Waals surface area contributed by atoms with Gasteiger partial charge in [-0.3, -0.25) is 4.68 Å². The molecule has 1 saturated heterocycles. The fourth-order valence-electron chi connectivity index (χ4n) is 2.99. The SMILES string of the molecule is CC(C1CC1)n1cc(NC(=O)N2CCC(O)(C(F)(F)F)CC2)cn1. The molecule has 0 spiro atoms. The number of hydrogen-bond acceptors (Lipinski definition) is 3. The summed E-state index contributed by atoms with van der Waals surface area (Å²) in [7, 11) is 0. The minimum Gasteiger partial charge on any atom is -0.380 e. The van der Waals surface area contributed by atoms with E-state index in [9.17, 15) is 23.1 Å². The van der Waals surface area contributed by atoms with Crippen LogP contribution in [0.5, 0.6) is 0 Å². The van der Waals surface area contributed by atoms with E-state index in [1.807, 2.05) is 0 Å². The van der Waals surface area contributed by atoms with Crippen LogP contribution in [0.25, 0.3) is 0 Å². The number of rotatable bonds is 3. The van der Waals surface area contributed by atoms with E-state index in [1.54, 1.807) is 10.9 Å². The number of aromatic nitrogens is 2. The summed E-state index contributed by atoms with van der Waals surface area (Å²) in [6.07, 6.45) is -0.0691. The number of anilines is 1. The van der Waals surface area contributed by atoms with Crippen molar-refractivity contribution in [1.29, 1.82) is 0 Å². The van der Waals surface area contributed by atoms with E-state index in [1.165, 1.54) is 23.9 Å². The van der Waals surface area contributed by atoms with Gasteiger partial charge in [-0.05, 0) is 25.7 Å². The number of nitrogens with one attached hydrogen (secondary N) is 1. The average molecular weight is 346 g/mol. The Kier molecular flexibility index (Phi) is 4.23. The van der Waals surface area contributed by atoms with Gasteiger partial charge in [0.25, 0.3) is 0 Å². The molecule has 2 N–H and O–H groups in total. The van der Waals surface area contributed by atoms with Crippen LogP contribution in [0.1, 0.15) is 38.6 Å². The zero-order chi connectivity index (χ0) is 17.5. The molecule has 1 aromatic rings. The molecule has 1 saturated carbocycles. The van der Waals surface area contributed by atoms with Gasteiger partial charge in [-0.1, -0.05) is 0 Å². The first-order chi connectivity index (χ1) is 11.2. The minimum atomic E-state index is -4.67. The van der Waals surface area contributed by atoms with Crippen molar-refractivity contribution < 1.29 is 23.1 Å². The minimum absolute atomic E-state index is 0.144. The van der Waals surface area contributed by atoms with Gasteiger partial charge in [0.1, 0.15) is 0 Å². The Labute approximate surface area is 137 Å². The molecule has 1 atom stereocenters. The highest BCUT2D eigenvalue weighted by Gasteiger charge is 2.54. The zero-order valence-corrected chi connectivity index (χ0v) is 13.4. The Hall–Kier alpha value is -1.77. The number of hydrogen-bond donors (Lipinski definition) is 2. The molecule has 0 aromatic carbocycles. The third kappa shape index (κ3) is 3.35. The molecule has 6 nitrogen and oxygen atoms in total. The number of carbonyl (C=O) groups is 1. The van der Waals surface area contributed by atoms with Crippen LogP contribution in [0.2, 0.25) is 0 Å². The summed E-state index contributed by atoms with van der Waals surface area (Å²) in [6, 6.07) is -0.203. The standard InChI is InChI=1S/C15H21F3N4O2/c1-10(11-2-3-11)22-9-12(8-19-22)20-13(23)21-6-4-14(24,5-7-21)15(16,17)18/h8-11,24H,2-7H2,1H3,(H,20,23). The van der Waals surface area contributed by atoms with Gasteiger partial charge in [0.15, 0.2) is 5.60 Å². The van der Waals surface area contributed by atoms with Crippen LogP contribution in [0.3, 0.4) is 0 Å². The molecule has 134 valence electrons. The third-order valence-electron chi connectivity index (χ3n) is 4.98. The number of nitrogens with zero attached hydrogens (tertiary/aromatic N) is 3. The lowest BCUT2D eigenvalue weighted by Crippen LogP contribution is -2.55. The highest BCUT2D eigenvalue weighted by molar-refractivity contribution is 5.89. The maximum absolute atomic E-state index is 12.8. The lowest BCUT2D eigenvalue weighted by Gasteiger charge is -2.38. The van der Waals surface area contributed by atoms with Crippen molar-refractivity contribution in [2.45, 2.75) is 50.4 Å². The van der Waals surface area contributed by atoms with Gasteiger partial charge in [-0.15, -0.1) is 0 Å². The second-order valence-electron chi connectivity index (χ2n) is 6.73. The maximum atomic E-state index is 12.8. The molecule has 2 heterocycles. The van der Waals surface area contributed by atoms with Crippen LogP contribution >= 0.6 is 0 Å². The van der Waals surface area contributed by atoms with E-state index >= 15 is 0 Å². The van der Waals surface area contributed by atoms with E-state index < -0.39 is 30.7 Å². The van der Waals surface area contributed by atoms with Crippen molar-refractivity contribution in [1.82, 2.24) is 14.7 Å². The molecule has 2 aliphatic rings. The van der Waals surface area contributed by atoms with E-state index in [4.69, 9.17) is 0 Å². The van der Waals surface area contributed by atoms with Gasteiger partial charge >= 0.3 is 12.2 Å². The Bertz CT molecular complexity index is 604. The van der Waals surface area contributed by atoms with Crippen LogP contribution in [-0.4, -0.2) is 50.7 Å². The first-order valence-corrected chi connectivity index (χ1v) is 8.09. The molecule has 3 rings (SSSR count). The molecule has 1 unspecified atom stereocenters. The van der Waals surface area contributed by atoms with E-state index in [-0.39, 0.29) is 19.1 Å². The number of likely N-dealkylation sites (tertiary alicyclic amines) is 1. The molecule has 0 bridgehead atoms. The largest absolute Gasteiger partial charge is 0.417 e. The molecule has 1 aromatic heterocycles. The number of halogens is 3. The Morgan fingerprint density at radius 3 is 2.58 bits per heavy atom. The second kappa shape index (κ2) is 5.94. The molecule has 1 aliphatic heterocycles. The molecule has 1 aliphatic carbocycles. The molecular formula is C15H21F3N4O2. The van der Waals surface area contributed by atoms with Gasteiger partial charge in [0, 0.05) is 32.1 Å². The number of carbonyl (C=O) groups excluding carboxylic acids is 1. The van der Waals surface area contributed by atoms with Gasteiger partial charge in [0.05, 0.1) is 17.9 Å². The van der Waals surface area contributed by atoms with Crippen molar-refractivity contribution in [3.63, 3.8) is 0 Å². The van der Waals surface area contributed by atoms with Crippen LogP contribution in [0.15, 0.2) is 12.4 Å². The summed E-state index contributed by atoms with van der Waals surface area (Å²) in [5.74, 6) is 0.621. The predicted octanol–water partition coefficient (Wildman–Crippen LogP) is 2.78. The molecule has 2 fully saturated rings. The summed E-state index contributed by atoms with van der Waals surface area (Å²) >= 11 is 0. The van der Waals surface area contributed by atoms with Crippen LogP contribution < -0.4 is 5.32 Å². The van der Waals surface area contributed by atoms with Crippen molar-refractivity contribution >= 4 is 11.7 Å². The monoisotopic (exact) mass is 346 g/mol. The summed E-state index contributed by atoms with van der Waals surface area (Å²) in [5, 5.41) is 16.5. The number of alkyl halides is 3. The second-order valence-corrected chi connectivity index (χ2v) is 6.73. The van der Waals surface area contributed by atoms with Crippen LogP contribution in [0.4, 0.5) is 23.7 Å². The van der Waals surface area contributed by atoms with Gasteiger partial charge < -0.3 is 15.3 Å². The van der Waals surface area contributed by atoms with Crippen molar-refractivity contribution in [2.75, 3.05) is 18.4 Å². The highest BCUT2D eigenvalue weighted by Crippen LogP contribution is 2.40. The fraction of sp³-hybridized carbons (Fsp3) is 0.733. The molecule has 24 heavy (non-hydrogen) atoms. The molecule has 2 amide bonds. The normalized spacial score (nSPS) is 22.3. The number of amides is 2. The van der Waals surface area contributed by atoms with Gasteiger partial charge in [-0.25, -0.2) is 4.79 Å². The Morgan fingerprint density at radius 2 is 2.04 bits per heavy atom. The van der Waals surface area contributed by atoms with E-state index in [2.05, 4.69) is 17.3 Å². The molecule has 0 radical (unpaired) electrons. The predicted molar refractivity (Wildman–Crippen MR) is 80.5 cm³/mol. The van der Waals surface area contributed by atoms with Crippen molar-refractivity contribution in [2.24, 2.45) is 5.92 Å². The number of piperidine rings is 1. The average Bonchev–Trinajstić information content (AvgIpc) is 3.26. The summed E-state index contributed by atoms with van der Waals surface area (Å²) in [5.41, 5.74) is -2.18. The van der Waals surface area contributed by atoms with Crippen LogP contribution in [-0.2, 0) is 0 Å². The molecule has 9 heteroatoms. The summed E-state index contributed by atoms with van der Waals surface area (Å²) in [6.45, 7) is 1.78. The smallest absolute Gasteiger partial charge is 0.380 e. The Morgan fingerprint density at radius 1 is 1.42 bits per heavy atom. The number of urea groups is 1. The third-order valence-corrected chi connectivity index (χ3v) is 4.98. The first kappa shape index (κ1) is 17.1. The lowest BCUT2D eigenvalue weighted by molar-refractivity contribution is -0.271. The van der Waals surface area contributed by atoms with E-state index in [0.717, 1.165) is 0 Å². The zero-order valence-electron chi connectivity index (χ0n) is 13.4.